The number of aryl methyl sites for hydroxylation is 1. The quantitative estimate of drug-likeness (QED) is 0.136. The molecule has 0 radical (unpaired) electrons. The number of fused-ring (bicyclic) bond motifs is 3. The molecule has 0 amide bonds. The van der Waals surface area contributed by atoms with Crippen LogP contribution < -0.4 is 10.9 Å². The van der Waals surface area contributed by atoms with Crippen molar-refractivity contribution in [1.82, 2.24) is 24.1 Å². The lowest BCUT2D eigenvalue weighted by Crippen LogP contribution is -2.23. The molecule has 0 aliphatic heterocycles. The molecule has 0 atom stereocenters. The van der Waals surface area contributed by atoms with E-state index in [0.717, 1.165) is 0 Å². The summed E-state index contributed by atoms with van der Waals surface area (Å²) in [5.41, 5.74) is 1.22. The monoisotopic (exact) mass is 615 g/mol. The predicted octanol–water partition coefficient (Wildman–Crippen LogP) is 5.21. The van der Waals surface area contributed by atoms with Gasteiger partial charge in [-0.25, -0.2) is 4.98 Å². The van der Waals surface area contributed by atoms with Crippen molar-refractivity contribution in [3.8, 4) is 29.1 Å². The third-order valence-corrected chi connectivity index (χ3v) is 7.24. The number of ether oxygens (including phenoxy) is 2. The number of rotatable bonds is 9. The number of nitriles is 2. The van der Waals surface area contributed by atoms with Crippen molar-refractivity contribution in [2.24, 2.45) is 12.0 Å². The molecule has 4 heterocycles. The van der Waals surface area contributed by atoms with Gasteiger partial charge in [-0.1, -0.05) is 6.07 Å². The van der Waals surface area contributed by atoms with Crippen molar-refractivity contribution < 1.29 is 22.6 Å². The molecule has 0 bridgehead atoms. The molecule has 0 unspecified atom stereocenters. The number of aromatic nitrogens is 5. The van der Waals surface area contributed by atoms with E-state index in [9.17, 15) is 23.7 Å². The minimum atomic E-state index is -4.75. The lowest BCUT2D eigenvalue weighted by atomic mass is 9.91. The van der Waals surface area contributed by atoms with Crippen LogP contribution in [0.5, 0.6) is 0 Å². The van der Waals surface area contributed by atoms with Crippen molar-refractivity contribution in [2.75, 3.05) is 32.4 Å². The first-order valence-corrected chi connectivity index (χ1v) is 13.7. The molecule has 45 heavy (non-hydrogen) atoms. The Morgan fingerprint density at radius 2 is 1.82 bits per heavy atom. The number of hydrogen-bond donors (Lipinski definition) is 1. The average Bonchev–Trinajstić information content (AvgIpc) is 3.31. The Morgan fingerprint density at radius 1 is 1.02 bits per heavy atom. The van der Waals surface area contributed by atoms with E-state index in [-0.39, 0.29) is 35.9 Å². The molecular formula is C31H28F3N9O2. The molecule has 0 spiro atoms. The number of hydrogen-bond acceptors (Lipinski definition) is 9. The predicted molar refractivity (Wildman–Crippen MR) is 160 cm³/mol. The van der Waals surface area contributed by atoms with Gasteiger partial charge in [0.2, 0.25) is 11.8 Å². The number of benzene rings is 1. The highest BCUT2D eigenvalue weighted by molar-refractivity contribution is 6.04. The molecule has 230 valence electrons. The number of anilines is 1. The van der Waals surface area contributed by atoms with Gasteiger partial charge in [0, 0.05) is 25.1 Å². The highest BCUT2D eigenvalue weighted by Crippen LogP contribution is 2.38. The highest BCUT2D eigenvalue weighted by Gasteiger charge is 2.36. The standard InChI is InChI=1S/C31H28F3N9O2/c1-30(2,16-35)25-9-6-20(14-38-25)43-27-22-13-19(5-8-23(22)37-15-24(27)42(3)29(43)39-17-36)21-7-10-26(40-18-45-12-11-44-4)41-28(21)31(32,33)34/h5-10,13-15H,11-12,18H2,1-4H3,(H,40,41). The van der Waals surface area contributed by atoms with Crippen LogP contribution in [0.15, 0.2) is 59.9 Å². The van der Waals surface area contributed by atoms with Crippen LogP contribution in [-0.4, -0.2) is 51.1 Å². The summed E-state index contributed by atoms with van der Waals surface area (Å²) in [6, 6.07) is 13.3. The lowest BCUT2D eigenvalue weighted by molar-refractivity contribution is -0.140. The van der Waals surface area contributed by atoms with Crippen LogP contribution in [0.4, 0.5) is 19.0 Å². The van der Waals surface area contributed by atoms with Gasteiger partial charge in [0.15, 0.2) is 5.69 Å². The largest absolute Gasteiger partial charge is 0.434 e. The van der Waals surface area contributed by atoms with Gasteiger partial charge in [-0.05, 0) is 55.8 Å². The summed E-state index contributed by atoms with van der Waals surface area (Å²) in [6.45, 7) is 4.08. The van der Waals surface area contributed by atoms with Crippen LogP contribution in [0.3, 0.4) is 0 Å². The first-order chi connectivity index (χ1) is 21.5. The second-order valence-corrected chi connectivity index (χ2v) is 10.6. The van der Waals surface area contributed by atoms with E-state index in [1.54, 1.807) is 72.8 Å². The molecular weight excluding hydrogens is 587 g/mol. The molecule has 14 heteroatoms. The summed E-state index contributed by atoms with van der Waals surface area (Å²) in [4.78, 5) is 16.9. The first-order valence-electron chi connectivity index (χ1n) is 13.7. The SMILES string of the molecule is COCCOCNc1ccc(-c2ccc3ncc4c(c3c2)n(-c2ccc(C(C)(C)C#N)nc2)c(=NC#N)n4C)c(C(F)(F)F)n1. The Morgan fingerprint density at radius 3 is 2.49 bits per heavy atom. The summed E-state index contributed by atoms with van der Waals surface area (Å²) in [5, 5.41) is 22.3. The van der Waals surface area contributed by atoms with Gasteiger partial charge in [-0.3, -0.25) is 14.5 Å². The first kappa shape index (κ1) is 31.1. The Bertz CT molecular complexity index is 2030. The molecule has 1 aromatic carbocycles. The van der Waals surface area contributed by atoms with Crippen molar-refractivity contribution >= 4 is 27.8 Å². The van der Waals surface area contributed by atoms with Crippen molar-refractivity contribution in [3.05, 3.63) is 71.9 Å². The van der Waals surface area contributed by atoms with Crippen LogP contribution in [0.2, 0.25) is 0 Å². The fraction of sp³-hybridized carbons (Fsp3) is 0.290. The van der Waals surface area contributed by atoms with E-state index in [1.165, 1.54) is 19.2 Å². The molecule has 0 aliphatic rings. The van der Waals surface area contributed by atoms with Crippen LogP contribution in [0.25, 0.3) is 38.8 Å². The maximum absolute atomic E-state index is 14.3. The zero-order chi connectivity index (χ0) is 32.4. The summed E-state index contributed by atoms with van der Waals surface area (Å²) in [7, 11) is 3.23. The average molecular weight is 616 g/mol. The number of alkyl halides is 3. The topological polar surface area (TPSA) is 139 Å². The Kier molecular flexibility index (Phi) is 8.55. The second kappa shape index (κ2) is 12.4. The smallest absolute Gasteiger partial charge is 0.382 e. The van der Waals surface area contributed by atoms with Crippen LogP contribution >= 0.6 is 0 Å². The zero-order valence-corrected chi connectivity index (χ0v) is 24.8. The summed E-state index contributed by atoms with van der Waals surface area (Å²) < 4.78 is 56.5. The Labute approximate surface area is 255 Å². The number of nitrogens with one attached hydrogen (secondary N) is 1. The number of methoxy groups -OCH3 is 1. The molecule has 4 aromatic heterocycles. The maximum Gasteiger partial charge on any atom is 0.434 e. The van der Waals surface area contributed by atoms with E-state index in [1.807, 2.05) is 6.19 Å². The number of nitrogens with zero attached hydrogens (tertiary/aromatic N) is 8. The van der Waals surface area contributed by atoms with E-state index < -0.39 is 17.3 Å². The Hall–Kier alpha value is -5.31. The molecule has 0 aliphatic carbocycles. The fourth-order valence-corrected chi connectivity index (χ4v) is 4.88. The number of halogens is 3. The second-order valence-electron chi connectivity index (χ2n) is 10.6. The third-order valence-electron chi connectivity index (χ3n) is 7.24. The highest BCUT2D eigenvalue weighted by atomic mass is 19.4. The van der Waals surface area contributed by atoms with Crippen molar-refractivity contribution in [2.45, 2.75) is 25.4 Å². The molecule has 0 saturated heterocycles. The van der Waals surface area contributed by atoms with Gasteiger partial charge in [0.25, 0.3) is 0 Å². The minimum Gasteiger partial charge on any atom is -0.382 e. The normalized spacial score (nSPS) is 12.4. The molecule has 1 N–H and O–H groups in total. The van der Waals surface area contributed by atoms with Gasteiger partial charge >= 0.3 is 6.18 Å². The minimum absolute atomic E-state index is 0.00696. The van der Waals surface area contributed by atoms with Gasteiger partial charge < -0.3 is 19.4 Å². The molecule has 5 rings (SSSR count). The molecule has 0 saturated carbocycles. The van der Waals surface area contributed by atoms with Gasteiger partial charge in [-0.15, -0.1) is 4.99 Å². The van der Waals surface area contributed by atoms with Crippen LogP contribution in [0, 0.1) is 22.8 Å². The van der Waals surface area contributed by atoms with Crippen LogP contribution in [0.1, 0.15) is 25.2 Å². The van der Waals surface area contributed by atoms with E-state index in [4.69, 9.17) is 9.47 Å². The van der Waals surface area contributed by atoms with Crippen molar-refractivity contribution in [3.63, 3.8) is 0 Å². The summed E-state index contributed by atoms with van der Waals surface area (Å²) >= 11 is 0. The van der Waals surface area contributed by atoms with E-state index >= 15 is 0 Å². The van der Waals surface area contributed by atoms with Crippen LogP contribution in [-0.2, 0) is 28.1 Å². The van der Waals surface area contributed by atoms with Gasteiger partial charge in [0.1, 0.15) is 12.5 Å². The molecule has 5 aromatic rings. The maximum atomic E-state index is 14.3. The fourth-order valence-electron chi connectivity index (χ4n) is 4.88. The Balaban J connectivity index is 1.69. The van der Waals surface area contributed by atoms with Crippen molar-refractivity contribution in [1.29, 1.82) is 10.5 Å². The lowest BCUT2D eigenvalue weighted by Gasteiger charge is -2.16. The molecule has 11 nitrogen and oxygen atoms in total. The zero-order valence-electron chi connectivity index (χ0n) is 24.8. The van der Waals surface area contributed by atoms with E-state index in [2.05, 4.69) is 31.3 Å². The number of imidazole rings is 1. The number of pyridine rings is 3. The van der Waals surface area contributed by atoms with Gasteiger partial charge in [-0.2, -0.15) is 23.7 Å². The van der Waals surface area contributed by atoms with E-state index in [0.29, 0.717) is 39.9 Å². The van der Waals surface area contributed by atoms with Gasteiger partial charge in [0.05, 0.1) is 65.0 Å². The summed E-state index contributed by atoms with van der Waals surface area (Å²) in [5.74, 6) is 0.00696. The third kappa shape index (κ3) is 6.06. The summed E-state index contributed by atoms with van der Waals surface area (Å²) in [6.07, 6.45) is 0.254. The molecule has 0 fully saturated rings.